The maximum Gasteiger partial charge on any atom is 0.00421 e. The van der Waals surface area contributed by atoms with Gasteiger partial charge in [0.05, 0.1) is 0 Å². The largest absolute Gasteiger partial charge is 0.328 e. The van der Waals surface area contributed by atoms with Gasteiger partial charge in [0, 0.05) is 6.04 Å². The Morgan fingerprint density at radius 2 is 1.78 bits per heavy atom. The summed E-state index contributed by atoms with van der Waals surface area (Å²) in [5.41, 5.74) is 9.01. The number of nitrogens with two attached hydrogens (primary N) is 1. The van der Waals surface area contributed by atoms with Gasteiger partial charge in [0.1, 0.15) is 0 Å². The van der Waals surface area contributed by atoms with Crippen molar-refractivity contribution in [3.8, 4) is 0 Å². The van der Waals surface area contributed by atoms with Crippen molar-refractivity contribution in [2.45, 2.75) is 38.1 Å². The van der Waals surface area contributed by atoms with Gasteiger partial charge in [-0.05, 0) is 60.1 Å². The Kier molecular flexibility index (Phi) is 5.43. The van der Waals surface area contributed by atoms with Gasteiger partial charge in [0.25, 0.3) is 0 Å². The van der Waals surface area contributed by atoms with Crippen LogP contribution in [0.1, 0.15) is 30.4 Å². The molecule has 1 aromatic carbocycles. The summed E-state index contributed by atoms with van der Waals surface area (Å²) >= 11 is 1.77. The van der Waals surface area contributed by atoms with Crippen LogP contribution < -0.4 is 5.73 Å². The van der Waals surface area contributed by atoms with E-state index in [1.54, 1.807) is 11.3 Å². The summed E-state index contributed by atoms with van der Waals surface area (Å²) in [6, 6.07) is 13.2. The highest BCUT2D eigenvalue weighted by molar-refractivity contribution is 7.07. The Morgan fingerprint density at radius 1 is 0.944 bits per heavy atom. The summed E-state index contributed by atoms with van der Waals surface area (Å²) in [4.78, 5) is 0. The lowest BCUT2D eigenvalue weighted by Crippen LogP contribution is -2.20. The predicted molar refractivity (Wildman–Crippen MR) is 80.0 cm³/mol. The molecule has 1 nitrogen and oxygen atoms in total. The molecule has 0 radical (unpaired) electrons. The van der Waals surface area contributed by atoms with Gasteiger partial charge in [-0.2, -0.15) is 11.3 Å². The highest BCUT2D eigenvalue weighted by atomic mass is 32.1. The second-order valence-electron chi connectivity index (χ2n) is 4.81. The van der Waals surface area contributed by atoms with Gasteiger partial charge < -0.3 is 5.73 Å². The van der Waals surface area contributed by atoms with Crippen LogP contribution in [-0.4, -0.2) is 6.04 Å². The lowest BCUT2D eigenvalue weighted by molar-refractivity contribution is 0.546. The first-order valence-electron chi connectivity index (χ1n) is 6.65. The summed E-state index contributed by atoms with van der Waals surface area (Å²) in [5, 5.41) is 4.35. The van der Waals surface area contributed by atoms with Crippen molar-refractivity contribution in [3.63, 3.8) is 0 Å². The quantitative estimate of drug-likeness (QED) is 0.798. The summed E-state index contributed by atoms with van der Waals surface area (Å²) in [7, 11) is 0. The van der Waals surface area contributed by atoms with E-state index in [1.165, 1.54) is 17.5 Å². The minimum absolute atomic E-state index is 0.341. The molecule has 1 aromatic heterocycles. The van der Waals surface area contributed by atoms with Gasteiger partial charge in [-0.15, -0.1) is 0 Å². The van der Waals surface area contributed by atoms with Crippen molar-refractivity contribution in [1.82, 2.24) is 0 Å². The predicted octanol–water partition coefficient (Wildman–Crippen LogP) is 4.03. The van der Waals surface area contributed by atoms with Crippen LogP contribution in [0.25, 0.3) is 0 Å². The average Bonchev–Trinajstić information content (AvgIpc) is 2.91. The van der Waals surface area contributed by atoms with Crippen LogP contribution in [0.5, 0.6) is 0 Å². The van der Waals surface area contributed by atoms with Gasteiger partial charge in [-0.1, -0.05) is 30.3 Å². The molecule has 1 heterocycles. The standard InChI is InChI=1S/C16H21NS/c17-16(10-9-15-11-12-18-13-15)8-4-7-14-5-2-1-3-6-14/h1-3,5-6,11-13,16H,4,7-10,17H2. The van der Waals surface area contributed by atoms with Crippen LogP contribution in [0.15, 0.2) is 47.2 Å². The lowest BCUT2D eigenvalue weighted by Gasteiger charge is -2.10. The van der Waals surface area contributed by atoms with E-state index in [9.17, 15) is 0 Å². The molecule has 0 aliphatic rings. The molecule has 2 rings (SSSR count). The van der Waals surface area contributed by atoms with E-state index >= 15 is 0 Å². The van der Waals surface area contributed by atoms with Crippen molar-refractivity contribution in [1.29, 1.82) is 0 Å². The van der Waals surface area contributed by atoms with Crippen molar-refractivity contribution in [3.05, 3.63) is 58.3 Å². The molecule has 0 fully saturated rings. The number of aryl methyl sites for hydroxylation is 2. The highest BCUT2D eigenvalue weighted by Gasteiger charge is 2.03. The summed E-state index contributed by atoms with van der Waals surface area (Å²) in [6.07, 6.45) is 5.68. The third-order valence-corrected chi connectivity index (χ3v) is 4.00. The monoisotopic (exact) mass is 259 g/mol. The fourth-order valence-corrected chi connectivity index (χ4v) is 2.85. The van der Waals surface area contributed by atoms with Crippen LogP contribution in [0, 0.1) is 0 Å². The number of thiophene rings is 1. The Hall–Kier alpha value is -1.12. The van der Waals surface area contributed by atoms with Crippen LogP contribution in [0.2, 0.25) is 0 Å². The first-order valence-corrected chi connectivity index (χ1v) is 7.59. The van der Waals surface area contributed by atoms with E-state index in [-0.39, 0.29) is 0 Å². The zero-order chi connectivity index (χ0) is 12.6. The summed E-state index contributed by atoms with van der Waals surface area (Å²) < 4.78 is 0. The van der Waals surface area contributed by atoms with Crippen molar-refractivity contribution in [2.75, 3.05) is 0 Å². The van der Waals surface area contributed by atoms with Gasteiger partial charge in [0.15, 0.2) is 0 Å². The smallest absolute Gasteiger partial charge is 0.00421 e. The van der Waals surface area contributed by atoms with Gasteiger partial charge in [-0.25, -0.2) is 0 Å². The molecule has 0 aliphatic heterocycles. The molecule has 2 heteroatoms. The van der Waals surface area contributed by atoms with Gasteiger partial charge in [0.2, 0.25) is 0 Å². The number of hydrogen-bond acceptors (Lipinski definition) is 2. The summed E-state index contributed by atoms with van der Waals surface area (Å²) in [5.74, 6) is 0. The van der Waals surface area contributed by atoms with Crippen molar-refractivity contribution < 1.29 is 0 Å². The molecule has 18 heavy (non-hydrogen) atoms. The first kappa shape index (κ1) is 13.3. The number of benzene rings is 1. The molecule has 0 aliphatic carbocycles. The molecular weight excluding hydrogens is 238 g/mol. The topological polar surface area (TPSA) is 26.0 Å². The molecule has 2 aromatic rings. The molecular formula is C16H21NS. The van der Waals surface area contributed by atoms with Crippen molar-refractivity contribution >= 4 is 11.3 Å². The zero-order valence-electron chi connectivity index (χ0n) is 10.7. The van der Waals surface area contributed by atoms with Gasteiger partial charge >= 0.3 is 0 Å². The fraction of sp³-hybridized carbons (Fsp3) is 0.375. The van der Waals surface area contributed by atoms with E-state index < -0.39 is 0 Å². The average molecular weight is 259 g/mol. The first-order chi connectivity index (χ1) is 8.84. The van der Waals surface area contributed by atoms with Crippen LogP contribution in [0.4, 0.5) is 0 Å². The van der Waals surface area contributed by atoms with E-state index in [2.05, 4.69) is 47.2 Å². The molecule has 1 atom stereocenters. The highest BCUT2D eigenvalue weighted by Crippen LogP contribution is 2.12. The minimum Gasteiger partial charge on any atom is -0.328 e. The molecule has 2 N–H and O–H groups in total. The number of hydrogen-bond donors (Lipinski definition) is 1. The van der Waals surface area contributed by atoms with E-state index in [1.807, 2.05) is 0 Å². The van der Waals surface area contributed by atoms with E-state index in [0.29, 0.717) is 6.04 Å². The second kappa shape index (κ2) is 7.34. The number of rotatable bonds is 7. The Balaban J connectivity index is 1.61. The van der Waals surface area contributed by atoms with Gasteiger partial charge in [-0.3, -0.25) is 0 Å². The Morgan fingerprint density at radius 3 is 2.50 bits per heavy atom. The third kappa shape index (κ3) is 4.63. The van der Waals surface area contributed by atoms with Crippen LogP contribution in [-0.2, 0) is 12.8 Å². The Labute approximate surface area is 114 Å². The van der Waals surface area contributed by atoms with E-state index in [4.69, 9.17) is 5.73 Å². The summed E-state index contributed by atoms with van der Waals surface area (Å²) in [6.45, 7) is 0. The maximum atomic E-state index is 6.16. The molecule has 0 bridgehead atoms. The lowest BCUT2D eigenvalue weighted by atomic mass is 10.0. The maximum absolute atomic E-state index is 6.16. The van der Waals surface area contributed by atoms with Crippen LogP contribution >= 0.6 is 11.3 Å². The zero-order valence-corrected chi connectivity index (χ0v) is 11.5. The SMILES string of the molecule is NC(CCCc1ccccc1)CCc1ccsc1. The van der Waals surface area contributed by atoms with E-state index in [0.717, 1.165) is 25.7 Å². The molecule has 0 saturated carbocycles. The molecule has 0 spiro atoms. The molecule has 0 saturated heterocycles. The second-order valence-corrected chi connectivity index (χ2v) is 5.59. The normalized spacial score (nSPS) is 12.5. The molecule has 96 valence electrons. The van der Waals surface area contributed by atoms with Crippen molar-refractivity contribution in [2.24, 2.45) is 5.73 Å². The third-order valence-electron chi connectivity index (χ3n) is 3.27. The minimum atomic E-state index is 0.341. The Bertz CT molecular complexity index is 422. The fourth-order valence-electron chi connectivity index (χ4n) is 2.14. The van der Waals surface area contributed by atoms with Crippen LogP contribution in [0.3, 0.4) is 0 Å². The molecule has 0 amide bonds. The molecule has 1 unspecified atom stereocenters.